The van der Waals surface area contributed by atoms with Gasteiger partial charge in [0.2, 0.25) is 0 Å². The quantitative estimate of drug-likeness (QED) is 0.604. The second kappa shape index (κ2) is 7.07. The summed E-state index contributed by atoms with van der Waals surface area (Å²) in [6.07, 6.45) is 0. The molecular weight excluding hydrogens is 356 g/mol. The SMILES string of the molecule is O=C(OCc1csc(-c2ccc(F)cc2)n1)c1ccc(F)cc1Cl. The fourth-order valence-electron chi connectivity index (χ4n) is 1.97. The Morgan fingerprint density at radius 3 is 2.54 bits per heavy atom. The van der Waals surface area contributed by atoms with E-state index in [1.54, 1.807) is 17.5 Å². The summed E-state index contributed by atoms with van der Waals surface area (Å²) in [7, 11) is 0. The van der Waals surface area contributed by atoms with E-state index in [1.165, 1.54) is 29.5 Å². The highest BCUT2D eigenvalue weighted by Gasteiger charge is 2.14. The Balaban J connectivity index is 1.67. The third kappa shape index (κ3) is 3.77. The molecule has 3 aromatic rings. The molecule has 2 aromatic carbocycles. The minimum atomic E-state index is -0.656. The van der Waals surface area contributed by atoms with E-state index in [9.17, 15) is 13.6 Å². The van der Waals surface area contributed by atoms with E-state index in [-0.39, 0.29) is 23.0 Å². The zero-order chi connectivity index (χ0) is 17.1. The summed E-state index contributed by atoms with van der Waals surface area (Å²) in [5.41, 5.74) is 1.43. The minimum absolute atomic E-state index is 0.00900. The fourth-order valence-corrected chi connectivity index (χ4v) is 3.03. The second-order valence-electron chi connectivity index (χ2n) is 4.85. The lowest BCUT2D eigenvalue weighted by Crippen LogP contribution is -2.06. The second-order valence-corrected chi connectivity index (χ2v) is 6.12. The standard InChI is InChI=1S/C17H10ClF2NO2S/c18-15-7-12(20)5-6-14(15)17(22)23-8-13-9-24-16(21-13)10-1-3-11(19)4-2-10/h1-7,9H,8H2. The number of carbonyl (C=O) groups is 1. The van der Waals surface area contributed by atoms with Gasteiger partial charge < -0.3 is 4.74 Å². The number of rotatable bonds is 4. The topological polar surface area (TPSA) is 39.2 Å². The van der Waals surface area contributed by atoms with Crippen molar-refractivity contribution in [3.8, 4) is 10.6 Å². The van der Waals surface area contributed by atoms with Crippen molar-refractivity contribution in [2.24, 2.45) is 0 Å². The number of ether oxygens (including phenoxy) is 1. The van der Waals surface area contributed by atoms with Crippen LogP contribution in [0.1, 0.15) is 16.1 Å². The first-order valence-electron chi connectivity index (χ1n) is 6.85. The number of carbonyl (C=O) groups excluding carboxylic acids is 1. The van der Waals surface area contributed by atoms with E-state index in [2.05, 4.69) is 4.98 Å². The molecule has 24 heavy (non-hydrogen) atoms. The van der Waals surface area contributed by atoms with Gasteiger partial charge in [-0.05, 0) is 42.5 Å². The Morgan fingerprint density at radius 2 is 1.83 bits per heavy atom. The Hall–Kier alpha value is -2.31. The molecule has 0 fully saturated rings. The average molecular weight is 366 g/mol. The van der Waals surface area contributed by atoms with Crippen molar-refractivity contribution >= 4 is 28.9 Å². The molecule has 0 radical (unpaired) electrons. The average Bonchev–Trinajstić information content (AvgIpc) is 3.02. The van der Waals surface area contributed by atoms with E-state index in [1.807, 2.05) is 0 Å². The lowest BCUT2D eigenvalue weighted by atomic mass is 10.2. The van der Waals surface area contributed by atoms with E-state index >= 15 is 0 Å². The van der Waals surface area contributed by atoms with Gasteiger partial charge in [-0.1, -0.05) is 11.6 Å². The molecule has 7 heteroatoms. The largest absolute Gasteiger partial charge is 0.456 e. The van der Waals surface area contributed by atoms with Crippen LogP contribution in [0.15, 0.2) is 47.8 Å². The van der Waals surface area contributed by atoms with Gasteiger partial charge in [0.25, 0.3) is 0 Å². The fraction of sp³-hybridized carbons (Fsp3) is 0.0588. The number of aromatic nitrogens is 1. The summed E-state index contributed by atoms with van der Waals surface area (Å²) in [6, 6.07) is 9.42. The van der Waals surface area contributed by atoms with Gasteiger partial charge in [0.05, 0.1) is 16.3 Å². The van der Waals surface area contributed by atoms with Gasteiger partial charge in [0.15, 0.2) is 0 Å². The van der Waals surface area contributed by atoms with E-state index < -0.39 is 11.8 Å². The number of thiazole rings is 1. The van der Waals surface area contributed by atoms with Crippen molar-refractivity contribution in [3.63, 3.8) is 0 Å². The summed E-state index contributed by atoms with van der Waals surface area (Å²) in [5.74, 6) is -1.50. The Kier molecular flexibility index (Phi) is 4.87. The van der Waals surface area contributed by atoms with Crippen molar-refractivity contribution < 1.29 is 18.3 Å². The van der Waals surface area contributed by atoms with Crippen molar-refractivity contribution in [1.82, 2.24) is 4.98 Å². The molecule has 0 aliphatic carbocycles. The molecule has 0 spiro atoms. The molecule has 0 atom stereocenters. The molecule has 0 aliphatic heterocycles. The van der Waals surface area contributed by atoms with Crippen molar-refractivity contribution in [2.45, 2.75) is 6.61 Å². The van der Waals surface area contributed by atoms with Crippen LogP contribution in [-0.4, -0.2) is 11.0 Å². The number of hydrogen-bond acceptors (Lipinski definition) is 4. The lowest BCUT2D eigenvalue weighted by molar-refractivity contribution is 0.0468. The van der Waals surface area contributed by atoms with Gasteiger partial charge in [-0.2, -0.15) is 0 Å². The first-order chi connectivity index (χ1) is 11.5. The molecular formula is C17H10ClF2NO2S. The van der Waals surface area contributed by atoms with Crippen LogP contribution in [-0.2, 0) is 11.3 Å². The number of hydrogen-bond donors (Lipinski definition) is 0. The van der Waals surface area contributed by atoms with Gasteiger partial charge in [-0.3, -0.25) is 0 Å². The maximum Gasteiger partial charge on any atom is 0.340 e. The maximum absolute atomic E-state index is 13.0. The predicted octanol–water partition coefficient (Wildman–Crippen LogP) is 5.10. The van der Waals surface area contributed by atoms with Gasteiger partial charge in [-0.25, -0.2) is 18.6 Å². The van der Waals surface area contributed by atoms with Gasteiger partial charge in [0, 0.05) is 10.9 Å². The number of benzene rings is 2. The summed E-state index contributed by atoms with van der Waals surface area (Å²) in [6.45, 7) is -0.0375. The number of halogens is 3. The highest BCUT2D eigenvalue weighted by Crippen LogP contribution is 2.24. The Morgan fingerprint density at radius 1 is 1.12 bits per heavy atom. The van der Waals surface area contributed by atoms with Crippen molar-refractivity contribution in [3.05, 3.63) is 75.8 Å². The van der Waals surface area contributed by atoms with Crippen LogP contribution in [0, 0.1) is 11.6 Å². The Labute approximate surface area is 145 Å². The molecule has 0 saturated heterocycles. The summed E-state index contributed by atoms with van der Waals surface area (Å²) >= 11 is 7.18. The Bertz CT molecular complexity index is 881. The molecule has 1 heterocycles. The van der Waals surface area contributed by atoms with Crippen LogP contribution in [0.2, 0.25) is 5.02 Å². The number of esters is 1. The number of nitrogens with zero attached hydrogens (tertiary/aromatic N) is 1. The molecule has 0 saturated carbocycles. The van der Waals surface area contributed by atoms with E-state index in [0.717, 1.165) is 17.7 Å². The van der Waals surface area contributed by atoms with Gasteiger partial charge in [-0.15, -0.1) is 11.3 Å². The van der Waals surface area contributed by atoms with Crippen LogP contribution in [0.5, 0.6) is 0 Å². The molecule has 0 N–H and O–H groups in total. The first kappa shape index (κ1) is 16.5. The van der Waals surface area contributed by atoms with Gasteiger partial charge in [0.1, 0.15) is 23.2 Å². The summed E-state index contributed by atoms with van der Waals surface area (Å²) < 4.78 is 31.1. The summed E-state index contributed by atoms with van der Waals surface area (Å²) in [5, 5.41) is 2.43. The molecule has 122 valence electrons. The molecule has 0 unspecified atom stereocenters. The van der Waals surface area contributed by atoms with Crippen LogP contribution in [0.4, 0.5) is 8.78 Å². The molecule has 0 bridgehead atoms. The van der Waals surface area contributed by atoms with E-state index in [0.29, 0.717) is 10.7 Å². The zero-order valence-electron chi connectivity index (χ0n) is 12.1. The predicted molar refractivity (Wildman–Crippen MR) is 88.0 cm³/mol. The normalized spacial score (nSPS) is 10.6. The first-order valence-corrected chi connectivity index (χ1v) is 8.11. The highest BCUT2D eigenvalue weighted by atomic mass is 35.5. The van der Waals surface area contributed by atoms with Crippen molar-refractivity contribution in [2.75, 3.05) is 0 Å². The van der Waals surface area contributed by atoms with Crippen LogP contribution >= 0.6 is 22.9 Å². The minimum Gasteiger partial charge on any atom is -0.456 e. The van der Waals surface area contributed by atoms with Gasteiger partial charge >= 0.3 is 5.97 Å². The molecule has 3 nitrogen and oxygen atoms in total. The third-order valence-corrected chi connectivity index (χ3v) is 4.40. The summed E-state index contributed by atoms with van der Waals surface area (Å²) in [4.78, 5) is 16.3. The van der Waals surface area contributed by atoms with E-state index in [4.69, 9.17) is 16.3 Å². The zero-order valence-corrected chi connectivity index (χ0v) is 13.7. The highest BCUT2D eigenvalue weighted by molar-refractivity contribution is 7.13. The smallest absolute Gasteiger partial charge is 0.340 e. The molecule has 0 amide bonds. The maximum atomic E-state index is 13.0. The molecule has 3 rings (SSSR count). The van der Waals surface area contributed by atoms with Crippen LogP contribution in [0.3, 0.4) is 0 Å². The monoisotopic (exact) mass is 365 g/mol. The lowest BCUT2D eigenvalue weighted by Gasteiger charge is -2.04. The van der Waals surface area contributed by atoms with Crippen molar-refractivity contribution in [1.29, 1.82) is 0 Å². The third-order valence-electron chi connectivity index (χ3n) is 3.15. The molecule has 1 aromatic heterocycles. The van der Waals surface area contributed by atoms with Crippen LogP contribution < -0.4 is 0 Å². The molecule has 0 aliphatic rings. The van der Waals surface area contributed by atoms with Crippen LogP contribution in [0.25, 0.3) is 10.6 Å².